The fraction of sp³-hybridized carbons (Fsp3) is 0.111. The maximum Gasteiger partial charge on any atom is 0.412 e. The molecule has 4 N–H and O–H groups in total. The Balaban J connectivity index is 2.23. The Morgan fingerprint density at radius 2 is 1.89 bits per heavy atom. The van der Waals surface area contributed by atoms with Crippen molar-refractivity contribution >= 4 is 49.5 Å². The molecule has 0 aliphatic heterocycles. The highest BCUT2D eigenvalue weighted by atomic mass is 79.9. The number of carbonyl (C=O) groups is 2. The third-order valence-electron chi connectivity index (χ3n) is 3.40. The van der Waals surface area contributed by atoms with Gasteiger partial charge in [0.1, 0.15) is 11.9 Å². The summed E-state index contributed by atoms with van der Waals surface area (Å²) in [4.78, 5) is 23.4. The lowest BCUT2D eigenvalue weighted by Crippen LogP contribution is -2.18. The highest BCUT2D eigenvalue weighted by Crippen LogP contribution is 2.38. The van der Waals surface area contributed by atoms with Gasteiger partial charge in [0.25, 0.3) is 5.91 Å². The van der Waals surface area contributed by atoms with E-state index in [2.05, 4.69) is 37.2 Å². The lowest BCUT2D eigenvalue weighted by Gasteiger charge is -2.19. The zero-order chi connectivity index (χ0) is 19.8. The number of rotatable bonds is 6. The summed E-state index contributed by atoms with van der Waals surface area (Å²) in [5, 5.41) is 21.5. The number of halogens is 2. The topological polar surface area (TPSA) is 108 Å². The molecule has 9 heteroatoms. The Morgan fingerprint density at radius 3 is 2.56 bits per heavy atom. The van der Waals surface area contributed by atoms with Gasteiger partial charge in [-0.15, -0.1) is 0 Å². The van der Waals surface area contributed by atoms with Crippen LogP contribution in [0.3, 0.4) is 0 Å². The van der Waals surface area contributed by atoms with Gasteiger partial charge in [0.05, 0.1) is 4.47 Å². The van der Waals surface area contributed by atoms with Crippen molar-refractivity contribution < 1.29 is 24.6 Å². The minimum atomic E-state index is -0.884. The number of amides is 2. The normalized spacial score (nSPS) is 11.8. The molecule has 2 amide bonds. The summed E-state index contributed by atoms with van der Waals surface area (Å²) in [7, 11) is 0. The molecule has 142 valence electrons. The Kier molecular flexibility index (Phi) is 7.83. The zero-order valence-electron chi connectivity index (χ0n) is 13.9. The van der Waals surface area contributed by atoms with Crippen LogP contribution in [0.1, 0.15) is 18.1 Å². The molecular weight excluding hydrogens is 484 g/mol. The number of ether oxygens (including phenoxy) is 1. The van der Waals surface area contributed by atoms with Gasteiger partial charge < -0.3 is 9.84 Å². The van der Waals surface area contributed by atoms with Crippen molar-refractivity contribution in [2.45, 2.75) is 12.5 Å². The minimum absolute atomic E-state index is 0.0873. The molecule has 0 aromatic heterocycles. The van der Waals surface area contributed by atoms with Gasteiger partial charge in [0, 0.05) is 28.2 Å². The molecule has 0 heterocycles. The summed E-state index contributed by atoms with van der Waals surface area (Å²) >= 11 is 6.56. The van der Waals surface area contributed by atoms with E-state index in [1.807, 2.05) is 6.07 Å². The quantitative estimate of drug-likeness (QED) is 0.262. The van der Waals surface area contributed by atoms with Gasteiger partial charge >= 0.3 is 6.09 Å². The van der Waals surface area contributed by atoms with E-state index in [-0.39, 0.29) is 12.2 Å². The number of nitrogens with one attached hydrogen (secondary N) is 2. The first-order chi connectivity index (χ1) is 12.9. The average Bonchev–Trinajstić information content (AvgIpc) is 2.64. The number of hydrogen-bond donors (Lipinski definition) is 4. The van der Waals surface area contributed by atoms with Crippen molar-refractivity contribution in [3.05, 3.63) is 69.1 Å². The fourth-order valence-corrected chi connectivity index (χ4v) is 3.46. The first-order valence-corrected chi connectivity index (χ1v) is 9.30. The number of hydrogen-bond acceptors (Lipinski definition) is 5. The van der Waals surface area contributed by atoms with E-state index < -0.39 is 18.1 Å². The number of para-hydroxylation sites is 1. The molecule has 27 heavy (non-hydrogen) atoms. The van der Waals surface area contributed by atoms with Crippen LogP contribution in [0.5, 0.6) is 5.75 Å². The summed E-state index contributed by atoms with van der Waals surface area (Å²) in [6, 6.07) is 12.0. The summed E-state index contributed by atoms with van der Waals surface area (Å²) in [6.07, 6.45) is 0.994. The van der Waals surface area contributed by atoms with Gasteiger partial charge in [-0.25, -0.2) is 10.3 Å². The zero-order valence-corrected chi connectivity index (χ0v) is 17.0. The van der Waals surface area contributed by atoms with Crippen LogP contribution in [-0.2, 0) is 9.53 Å². The first-order valence-electron chi connectivity index (χ1n) is 7.72. The molecule has 0 fully saturated rings. The Morgan fingerprint density at radius 1 is 1.19 bits per heavy atom. The molecule has 2 rings (SSSR count). The number of benzene rings is 2. The molecule has 1 atom stereocenters. The molecule has 0 spiro atoms. The summed E-state index contributed by atoms with van der Waals surface area (Å²) in [5.41, 5.74) is 2.36. The third kappa shape index (κ3) is 6.38. The first kappa shape index (κ1) is 20.9. The SMILES string of the molecule is O=C(/C=C/C[C@@H](OC(=O)Nc1ccccc1)c1cc(Br)cc(Br)c1O)NO. The summed E-state index contributed by atoms with van der Waals surface area (Å²) in [5.74, 6) is -0.808. The van der Waals surface area contributed by atoms with E-state index in [9.17, 15) is 14.7 Å². The molecule has 0 aliphatic carbocycles. The maximum absolute atomic E-state index is 12.2. The van der Waals surface area contributed by atoms with Crippen LogP contribution < -0.4 is 10.8 Å². The van der Waals surface area contributed by atoms with Crippen LogP contribution in [0.15, 0.2) is 63.6 Å². The second-order valence-electron chi connectivity index (χ2n) is 5.32. The van der Waals surface area contributed by atoms with Crippen molar-refractivity contribution in [1.29, 1.82) is 0 Å². The Hall–Kier alpha value is -2.36. The molecule has 2 aromatic carbocycles. The van der Waals surface area contributed by atoms with Gasteiger partial charge in [-0.2, -0.15) is 0 Å². The van der Waals surface area contributed by atoms with Crippen LogP contribution in [0, 0.1) is 0 Å². The predicted molar refractivity (Wildman–Crippen MR) is 106 cm³/mol. The number of aromatic hydroxyl groups is 1. The smallest absolute Gasteiger partial charge is 0.412 e. The molecule has 2 aromatic rings. The molecule has 0 unspecified atom stereocenters. The maximum atomic E-state index is 12.2. The van der Waals surface area contributed by atoms with E-state index in [1.54, 1.807) is 36.4 Å². The highest BCUT2D eigenvalue weighted by molar-refractivity contribution is 9.11. The monoisotopic (exact) mass is 498 g/mol. The Bertz CT molecular complexity index is 843. The van der Waals surface area contributed by atoms with Crippen LogP contribution in [-0.4, -0.2) is 22.3 Å². The standard InChI is InChI=1S/C18H16Br2N2O5/c19-11-9-13(17(24)14(20)10-11)15(7-4-8-16(23)22-26)27-18(25)21-12-5-2-1-3-6-12/h1-6,8-10,15,24,26H,7H2,(H,21,25)(H,22,23)/b8-4+/t15-/m1/s1. The van der Waals surface area contributed by atoms with Crippen molar-refractivity contribution in [3.8, 4) is 5.75 Å². The van der Waals surface area contributed by atoms with Crippen LogP contribution in [0.4, 0.5) is 10.5 Å². The number of carbonyl (C=O) groups excluding carboxylic acids is 2. The van der Waals surface area contributed by atoms with Gasteiger partial charge in [0.2, 0.25) is 0 Å². The van der Waals surface area contributed by atoms with Crippen LogP contribution >= 0.6 is 31.9 Å². The second kappa shape index (κ2) is 10.1. The highest BCUT2D eigenvalue weighted by Gasteiger charge is 2.21. The van der Waals surface area contributed by atoms with Gasteiger partial charge in [0.15, 0.2) is 0 Å². The number of phenols is 1. The number of phenolic OH excluding ortho intramolecular Hbond substituents is 1. The molecular formula is C18H16Br2N2O5. The van der Waals surface area contributed by atoms with E-state index in [1.165, 1.54) is 11.6 Å². The third-order valence-corrected chi connectivity index (χ3v) is 4.47. The van der Waals surface area contributed by atoms with Crippen molar-refractivity contribution in [2.24, 2.45) is 0 Å². The lowest BCUT2D eigenvalue weighted by atomic mass is 10.0. The molecule has 0 aliphatic rings. The minimum Gasteiger partial charge on any atom is -0.506 e. The largest absolute Gasteiger partial charge is 0.506 e. The van der Waals surface area contributed by atoms with Crippen LogP contribution in [0.2, 0.25) is 0 Å². The van der Waals surface area contributed by atoms with Gasteiger partial charge in [-0.3, -0.25) is 15.3 Å². The predicted octanol–water partition coefficient (Wildman–Crippen LogP) is 4.66. The Labute approximate surface area is 172 Å². The summed E-state index contributed by atoms with van der Waals surface area (Å²) in [6.45, 7) is 0. The van der Waals surface area contributed by atoms with Crippen LogP contribution in [0.25, 0.3) is 0 Å². The average molecular weight is 500 g/mol. The van der Waals surface area contributed by atoms with Gasteiger partial charge in [-0.05, 0) is 40.2 Å². The van der Waals surface area contributed by atoms with E-state index in [4.69, 9.17) is 9.94 Å². The lowest BCUT2D eigenvalue weighted by molar-refractivity contribution is -0.124. The van der Waals surface area contributed by atoms with E-state index in [0.29, 0.717) is 20.2 Å². The molecule has 0 radical (unpaired) electrons. The van der Waals surface area contributed by atoms with Crippen molar-refractivity contribution in [3.63, 3.8) is 0 Å². The molecule has 0 bridgehead atoms. The molecule has 7 nitrogen and oxygen atoms in total. The van der Waals surface area contributed by atoms with Gasteiger partial charge in [-0.1, -0.05) is 40.2 Å². The summed E-state index contributed by atoms with van der Waals surface area (Å²) < 4.78 is 6.53. The number of anilines is 1. The molecule has 0 saturated heterocycles. The van der Waals surface area contributed by atoms with E-state index in [0.717, 1.165) is 6.08 Å². The van der Waals surface area contributed by atoms with E-state index >= 15 is 0 Å². The fourth-order valence-electron chi connectivity index (χ4n) is 2.20. The number of hydroxylamine groups is 1. The van der Waals surface area contributed by atoms with Crippen molar-refractivity contribution in [2.75, 3.05) is 5.32 Å². The second-order valence-corrected chi connectivity index (χ2v) is 7.09. The van der Waals surface area contributed by atoms with Crippen molar-refractivity contribution in [1.82, 2.24) is 5.48 Å². The molecule has 0 saturated carbocycles.